The molecule has 0 aliphatic rings. The van der Waals surface area contributed by atoms with Gasteiger partial charge in [0.25, 0.3) is 5.91 Å². The fourth-order valence-corrected chi connectivity index (χ4v) is 2.07. The second kappa shape index (κ2) is 6.15. The molecule has 0 radical (unpaired) electrons. The van der Waals surface area contributed by atoms with Crippen LogP contribution in [0.4, 0.5) is 4.39 Å². The predicted molar refractivity (Wildman–Crippen MR) is 70.5 cm³/mol. The van der Waals surface area contributed by atoms with Gasteiger partial charge in [0.15, 0.2) is 0 Å². The maximum absolute atomic E-state index is 12.9. The lowest BCUT2D eigenvalue weighted by molar-refractivity contribution is 0.0774. The number of rotatable bonds is 4. The second-order valence-corrected chi connectivity index (χ2v) is 5.18. The second-order valence-electron chi connectivity index (χ2n) is 4.32. The number of hydrogen-bond donors (Lipinski definition) is 0. The highest BCUT2D eigenvalue weighted by molar-refractivity contribution is 9.10. The molecule has 1 amide bonds. The molecule has 1 atom stereocenters. The molecule has 0 aliphatic carbocycles. The summed E-state index contributed by atoms with van der Waals surface area (Å²) in [5.41, 5.74) is 0.497. The van der Waals surface area contributed by atoms with Crippen LogP contribution in [0.1, 0.15) is 30.6 Å². The van der Waals surface area contributed by atoms with E-state index in [1.807, 2.05) is 0 Å². The van der Waals surface area contributed by atoms with Gasteiger partial charge >= 0.3 is 0 Å². The normalized spacial score (nSPS) is 12.3. The smallest absolute Gasteiger partial charge is 0.254 e. The molecule has 1 aromatic carbocycles. The summed E-state index contributed by atoms with van der Waals surface area (Å²) in [7, 11) is 1.77. The molecule has 1 unspecified atom stereocenters. The van der Waals surface area contributed by atoms with Crippen LogP contribution in [0.15, 0.2) is 22.7 Å². The van der Waals surface area contributed by atoms with Gasteiger partial charge < -0.3 is 4.90 Å². The van der Waals surface area contributed by atoms with Crippen LogP contribution in [0.2, 0.25) is 0 Å². The molecule has 1 aromatic rings. The molecule has 4 heteroatoms. The van der Waals surface area contributed by atoms with E-state index in [2.05, 4.69) is 29.8 Å². The van der Waals surface area contributed by atoms with E-state index in [0.717, 1.165) is 6.42 Å². The molecule has 2 nitrogen and oxygen atoms in total. The van der Waals surface area contributed by atoms with Gasteiger partial charge in [-0.3, -0.25) is 4.79 Å². The maximum Gasteiger partial charge on any atom is 0.254 e. The average molecular weight is 302 g/mol. The Balaban J connectivity index is 2.81. The Labute approximate surface area is 110 Å². The Bertz CT molecular complexity index is 408. The number of carbonyl (C=O) groups is 1. The first-order valence-corrected chi connectivity index (χ1v) is 6.45. The van der Waals surface area contributed by atoms with Crippen LogP contribution in [0.25, 0.3) is 0 Å². The van der Waals surface area contributed by atoms with E-state index in [1.165, 1.54) is 18.2 Å². The zero-order valence-electron chi connectivity index (χ0n) is 10.3. The van der Waals surface area contributed by atoms with Gasteiger partial charge in [0, 0.05) is 18.1 Å². The third-order valence-corrected chi connectivity index (χ3v) is 3.45. The summed E-state index contributed by atoms with van der Waals surface area (Å²) in [5, 5.41) is 0. The highest BCUT2D eigenvalue weighted by Crippen LogP contribution is 2.20. The molecule has 0 aromatic heterocycles. The van der Waals surface area contributed by atoms with Crippen LogP contribution in [-0.4, -0.2) is 24.4 Å². The van der Waals surface area contributed by atoms with Crippen molar-refractivity contribution >= 4 is 21.8 Å². The van der Waals surface area contributed by atoms with Crippen molar-refractivity contribution in [2.45, 2.75) is 20.3 Å². The van der Waals surface area contributed by atoms with Crippen molar-refractivity contribution < 1.29 is 9.18 Å². The van der Waals surface area contributed by atoms with Gasteiger partial charge in [-0.2, -0.15) is 0 Å². The van der Waals surface area contributed by atoms with Crippen molar-refractivity contribution in [2.24, 2.45) is 5.92 Å². The summed E-state index contributed by atoms with van der Waals surface area (Å²) in [6.45, 7) is 4.90. The van der Waals surface area contributed by atoms with Gasteiger partial charge in [0.1, 0.15) is 5.82 Å². The molecule has 17 heavy (non-hydrogen) atoms. The monoisotopic (exact) mass is 301 g/mol. The van der Waals surface area contributed by atoms with E-state index in [4.69, 9.17) is 0 Å². The first kappa shape index (κ1) is 14.2. The van der Waals surface area contributed by atoms with Gasteiger partial charge in [0.05, 0.1) is 5.56 Å². The van der Waals surface area contributed by atoms with Crippen molar-refractivity contribution in [3.05, 3.63) is 34.1 Å². The minimum atomic E-state index is -0.349. The summed E-state index contributed by atoms with van der Waals surface area (Å²) < 4.78 is 13.4. The summed E-state index contributed by atoms with van der Waals surface area (Å²) in [5.74, 6) is 0.0263. The summed E-state index contributed by atoms with van der Waals surface area (Å²) in [4.78, 5) is 13.8. The molecule has 0 N–H and O–H groups in total. The Morgan fingerprint density at radius 3 is 2.71 bits per heavy atom. The minimum absolute atomic E-state index is 0.0859. The lowest BCUT2D eigenvalue weighted by atomic mass is 10.1. The van der Waals surface area contributed by atoms with E-state index in [9.17, 15) is 9.18 Å². The molecule has 0 saturated carbocycles. The number of amides is 1. The average Bonchev–Trinajstić information content (AvgIpc) is 2.28. The summed E-state index contributed by atoms with van der Waals surface area (Å²) in [6.07, 6.45) is 1.03. The molecule has 0 saturated heterocycles. The van der Waals surface area contributed by atoms with Crippen molar-refractivity contribution in [1.29, 1.82) is 0 Å². The Morgan fingerprint density at radius 2 is 2.18 bits per heavy atom. The van der Waals surface area contributed by atoms with Gasteiger partial charge in [-0.15, -0.1) is 0 Å². The van der Waals surface area contributed by atoms with E-state index >= 15 is 0 Å². The molecule has 0 heterocycles. The van der Waals surface area contributed by atoms with Crippen LogP contribution < -0.4 is 0 Å². The zero-order valence-corrected chi connectivity index (χ0v) is 11.9. The Kier molecular flexibility index (Phi) is 5.12. The third-order valence-electron chi connectivity index (χ3n) is 2.79. The molecule has 0 aliphatic heterocycles. The topological polar surface area (TPSA) is 20.3 Å². The van der Waals surface area contributed by atoms with E-state index in [0.29, 0.717) is 22.5 Å². The highest BCUT2D eigenvalue weighted by Gasteiger charge is 2.16. The van der Waals surface area contributed by atoms with Crippen LogP contribution in [0, 0.1) is 11.7 Å². The number of nitrogens with zero attached hydrogens (tertiary/aromatic N) is 1. The van der Waals surface area contributed by atoms with Crippen molar-refractivity contribution in [3.63, 3.8) is 0 Å². The number of benzene rings is 1. The molecular weight excluding hydrogens is 285 g/mol. The van der Waals surface area contributed by atoms with Gasteiger partial charge in [-0.25, -0.2) is 4.39 Å². The Morgan fingerprint density at radius 1 is 1.53 bits per heavy atom. The zero-order chi connectivity index (χ0) is 13.0. The van der Waals surface area contributed by atoms with Crippen molar-refractivity contribution in [3.8, 4) is 0 Å². The standard InChI is InChI=1S/C13H17BrFNO/c1-4-9(2)8-16(3)13(17)11-6-5-10(15)7-12(11)14/h5-7,9H,4,8H2,1-3H3. The molecule has 0 fully saturated rings. The first-order chi connectivity index (χ1) is 7.95. The summed E-state index contributed by atoms with van der Waals surface area (Å²) >= 11 is 3.21. The van der Waals surface area contributed by atoms with Crippen molar-refractivity contribution in [2.75, 3.05) is 13.6 Å². The van der Waals surface area contributed by atoms with E-state index in [-0.39, 0.29) is 11.7 Å². The molecule has 1 rings (SSSR count). The van der Waals surface area contributed by atoms with Gasteiger partial charge in [0.2, 0.25) is 0 Å². The number of hydrogen-bond acceptors (Lipinski definition) is 1. The SMILES string of the molecule is CCC(C)CN(C)C(=O)c1ccc(F)cc1Br. The van der Waals surface area contributed by atoms with Crippen LogP contribution in [-0.2, 0) is 0 Å². The predicted octanol–water partition coefficient (Wildman–Crippen LogP) is 3.71. The Hall–Kier alpha value is -0.900. The van der Waals surface area contributed by atoms with Crippen molar-refractivity contribution in [1.82, 2.24) is 4.90 Å². The van der Waals surface area contributed by atoms with Crippen LogP contribution in [0.3, 0.4) is 0 Å². The maximum atomic E-state index is 12.9. The van der Waals surface area contributed by atoms with Crippen LogP contribution >= 0.6 is 15.9 Å². The molecule has 0 bridgehead atoms. The molecular formula is C13H17BrFNO. The quantitative estimate of drug-likeness (QED) is 0.830. The largest absolute Gasteiger partial charge is 0.341 e. The van der Waals surface area contributed by atoms with Gasteiger partial charge in [-0.05, 0) is 40.0 Å². The third kappa shape index (κ3) is 3.80. The number of carbonyl (C=O) groups excluding carboxylic acids is 1. The fraction of sp³-hybridized carbons (Fsp3) is 0.462. The first-order valence-electron chi connectivity index (χ1n) is 5.66. The molecule has 0 spiro atoms. The van der Waals surface area contributed by atoms with Crippen LogP contribution in [0.5, 0.6) is 0 Å². The fourth-order valence-electron chi connectivity index (χ4n) is 1.55. The number of halogens is 2. The highest BCUT2D eigenvalue weighted by atomic mass is 79.9. The summed E-state index contributed by atoms with van der Waals surface area (Å²) in [6, 6.07) is 4.12. The van der Waals surface area contributed by atoms with E-state index in [1.54, 1.807) is 11.9 Å². The van der Waals surface area contributed by atoms with Gasteiger partial charge in [-0.1, -0.05) is 20.3 Å². The lowest BCUT2D eigenvalue weighted by Gasteiger charge is -2.21. The van der Waals surface area contributed by atoms with E-state index < -0.39 is 0 Å². The minimum Gasteiger partial charge on any atom is -0.341 e. The molecule has 94 valence electrons. The lowest BCUT2D eigenvalue weighted by Crippen LogP contribution is -2.31.